The van der Waals surface area contributed by atoms with Crippen LogP contribution in [-0.2, 0) is 16.1 Å². The van der Waals surface area contributed by atoms with E-state index >= 15 is 0 Å². The second-order valence-corrected chi connectivity index (χ2v) is 9.22. The van der Waals surface area contributed by atoms with E-state index in [-0.39, 0.29) is 0 Å². The summed E-state index contributed by atoms with van der Waals surface area (Å²) in [7, 11) is 1.68. The van der Waals surface area contributed by atoms with Gasteiger partial charge in [-0.1, -0.05) is 4.40 Å². The number of methoxy groups -OCH3 is 1. The first-order valence-corrected chi connectivity index (χ1v) is 10.2. The van der Waals surface area contributed by atoms with Crippen molar-refractivity contribution in [2.75, 3.05) is 20.3 Å². The maximum atomic E-state index is 12.5. The lowest BCUT2D eigenvalue weighted by atomic mass is 10.1. The molecule has 0 spiro atoms. The van der Waals surface area contributed by atoms with Crippen molar-refractivity contribution in [3.05, 3.63) is 52.2 Å². The molecule has 0 saturated carbocycles. The van der Waals surface area contributed by atoms with Gasteiger partial charge in [0.05, 0.1) is 6.61 Å². The molecule has 0 fully saturated rings. The molecule has 0 N–H and O–H groups in total. The summed E-state index contributed by atoms with van der Waals surface area (Å²) in [6.07, 6.45) is 0.852. The largest absolute Gasteiger partial charge is 0.591 e. The van der Waals surface area contributed by atoms with Gasteiger partial charge in [-0.05, 0) is 56.5 Å². The van der Waals surface area contributed by atoms with Crippen LogP contribution in [0.4, 0.5) is 0 Å². The molecule has 1 aromatic heterocycles. The summed E-state index contributed by atoms with van der Waals surface area (Å²) in [5.74, 6) is 0.807. The summed E-state index contributed by atoms with van der Waals surface area (Å²) in [6, 6.07) is 9.76. The van der Waals surface area contributed by atoms with Gasteiger partial charge in [-0.3, -0.25) is 0 Å². The van der Waals surface area contributed by atoms with Crippen LogP contribution in [0.15, 0.2) is 45.5 Å². The summed E-state index contributed by atoms with van der Waals surface area (Å²) >= 11 is 0.282. The van der Waals surface area contributed by atoms with E-state index in [1.807, 2.05) is 61.9 Å². The van der Waals surface area contributed by atoms with E-state index < -0.39 is 16.1 Å². The minimum atomic E-state index is -1.32. The lowest BCUT2D eigenvalue weighted by Crippen LogP contribution is -2.27. The highest BCUT2D eigenvalue weighted by Gasteiger charge is 2.28. The Hall–Kier alpha value is -1.34. The normalized spacial score (nSPS) is 13.7. The lowest BCUT2D eigenvalue weighted by Gasteiger charge is -2.19. The summed E-state index contributed by atoms with van der Waals surface area (Å²) in [5.41, 5.74) is 2.66. The van der Waals surface area contributed by atoms with Gasteiger partial charge in [-0.2, -0.15) is 11.3 Å². The van der Waals surface area contributed by atoms with Crippen LogP contribution in [-0.4, -0.2) is 35.3 Å². The van der Waals surface area contributed by atoms with Crippen LogP contribution >= 0.6 is 11.3 Å². The van der Waals surface area contributed by atoms with Crippen molar-refractivity contribution in [2.45, 2.75) is 31.9 Å². The highest BCUT2D eigenvalue weighted by molar-refractivity contribution is 7.91. The van der Waals surface area contributed by atoms with Crippen LogP contribution in [0.5, 0.6) is 5.75 Å². The SMILES string of the molecule is COCCCOc1ccc(/C(=N/[S+]([O-])C(C)(C)C)c2ccsc2)cc1. The summed E-state index contributed by atoms with van der Waals surface area (Å²) in [6.45, 7) is 7.08. The van der Waals surface area contributed by atoms with Gasteiger partial charge in [0.15, 0.2) is 0 Å². The zero-order valence-corrected chi connectivity index (χ0v) is 16.8. The smallest absolute Gasteiger partial charge is 0.144 e. The minimum absolute atomic E-state index is 0.397. The van der Waals surface area contributed by atoms with Gasteiger partial charge in [-0.15, -0.1) is 0 Å². The number of benzene rings is 1. The topological polar surface area (TPSA) is 53.9 Å². The molecule has 6 heteroatoms. The Bertz CT molecular complexity index is 661. The summed E-state index contributed by atoms with van der Waals surface area (Å²) in [5, 5.41) is 4.02. The van der Waals surface area contributed by atoms with Crippen LogP contribution in [0.1, 0.15) is 38.3 Å². The van der Waals surface area contributed by atoms with E-state index in [2.05, 4.69) is 4.40 Å². The quantitative estimate of drug-likeness (QED) is 0.386. The van der Waals surface area contributed by atoms with Crippen LogP contribution in [0.3, 0.4) is 0 Å². The number of rotatable bonds is 8. The lowest BCUT2D eigenvalue weighted by molar-refractivity contribution is 0.172. The zero-order chi connectivity index (χ0) is 18.3. The van der Waals surface area contributed by atoms with Crippen molar-refractivity contribution in [1.29, 1.82) is 0 Å². The Morgan fingerprint density at radius 3 is 2.40 bits per heavy atom. The average Bonchev–Trinajstić information content (AvgIpc) is 3.10. The molecule has 25 heavy (non-hydrogen) atoms. The average molecular weight is 380 g/mol. The van der Waals surface area contributed by atoms with E-state index in [1.165, 1.54) is 0 Å². The molecule has 2 aromatic rings. The number of hydrogen-bond donors (Lipinski definition) is 0. The monoisotopic (exact) mass is 379 g/mol. The van der Waals surface area contributed by atoms with Crippen LogP contribution in [0, 0.1) is 0 Å². The van der Waals surface area contributed by atoms with Gasteiger partial charge in [0.2, 0.25) is 0 Å². The molecule has 1 aromatic carbocycles. The Labute approximate surface area is 157 Å². The number of nitrogens with zero attached hydrogens (tertiary/aromatic N) is 1. The zero-order valence-electron chi connectivity index (χ0n) is 15.2. The van der Waals surface area contributed by atoms with Crippen molar-refractivity contribution in [3.8, 4) is 5.75 Å². The molecule has 1 atom stereocenters. The number of ether oxygens (including phenoxy) is 2. The second kappa shape index (κ2) is 9.38. The van der Waals surface area contributed by atoms with Gasteiger partial charge in [-0.25, -0.2) is 0 Å². The second-order valence-electron chi connectivity index (χ2n) is 6.53. The predicted octanol–water partition coefficient (Wildman–Crippen LogP) is 4.46. The molecule has 1 unspecified atom stereocenters. The van der Waals surface area contributed by atoms with Crippen molar-refractivity contribution >= 4 is 28.4 Å². The Balaban J connectivity index is 2.19. The van der Waals surface area contributed by atoms with Gasteiger partial charge >= 0.3 is 0 Å². The maximum Gasteiger partial charge on any atom is 0.144 e. The molecule has 4 nitrogen and oxygen atoms in total. The molecular formula is C19H25NO3S2. The number of thiophene rings is 1. The van der Waals surface area contributed by atoms with E-state index in [0.29, 0.717) is 13.2 Å². The molecule has 0 amide bonds. The Kier molecular flexibility index (Phi) is 7.50. The molecule has 0 aliphatic heterocycles. The van der Waals surface area contributed by atoms with E-state index in [9.17, 15) is 4.55 Å². The Morgan fingerprint density at radius 2 is 1.84 bits per heavy atom. The van der Waals surface area contributed by atoms with Crippen molar-refractivity contribution in [2.24, 2.45) is 4.40 Å². The Morgan fingerprint density at radius 1 is 1.12 bits per heavy atom. The van der Waals surface area contributed by atoms with Crippen molar-refractivity contribution < 1.29 is 14.0 Å². The highest BCUT2D eigenvalue weighted by atomic mass is 32.2. The molecule has 0 radical (unpaired) electrons. The van der Waals surface area contributed by atoms with E-state index in [4.69, 9.17) is 9.47 Å². The molecule has 0 aliphatic carbocycles. The fourth-order valence-electron chi connectivity index (χ4n) is 1.99. The summed E-state index contributed by atoms with van der Waals surface area (Å²) < 4.78 is 27.3. The van der Waals surface area contributed by atoms with Crippen LogP contribution < -0.4 is 4.74 Å². The standard InChI is InChI=1S/C19H25NO3S2/c1-19(2,3)25(21)20-18(16-10-13-24-14-16)15-6-8-17(9-7-15)23-12-5-11-22-4/h6-10,13-14H,5,11-12H2,1-4H3/b20-18-. The summed E-state index contributed by atoms with van der Waals surface area (Å²) in [4.78, 5) is 0. The molecule has 2 rings (SSSR count). The maximum absolute atomic E-state index is 12.5. The third-order valence-electron chi connectivity index (χ3n) is 3.38. The third-order valence-corrected chi connectivity index (χ3v) is 5.46. The first kappa shape index (κ1) is 20.0. The van der Waals surface area contributed by atoms with Crippen molar-refractivity contribution in [1.82, 2.24) is 0 Å². The molecule has 136 valence electrons. The molecule has 0 aliphatic rings. The van der Waals surface area contributed by atoms with Gasteiger partial charge in [0.25, 0.3) is 0 Å². The molecule has 0 bridgehead atoms. The fraction of sp³-hybridized carbons (Fsp3) is 0.421. The molecular weight excluding hydrogens is 354 g/mol. The predicted molar refractivity (Wildman–Crippen MR) is 106 cm³/mol. The fourth-order valence-corrected chi connectivity index (χ4v) is 3.28. The van der Waals surface area contributed by atoms with Crippen LogP contribution in [0.2, 0.25) is 0 Å². The van der Waals surface area contributed by atoms with Crippen molar-refractivity contribution in [3.63, 3.8) is 0 Å². The third kappa shape index (κ3) is 6.15. The van der Waals surface area contributed by atoms with E-state index in [1.54, 1.807) is 18.4 Å². The molecule has 0 saturated heterocycles. The highest BCUT2D eigenvalue weighted by Crippen LogP contribution is 2.23. The molecule has 1 heterocycles. The van der Waals surface area contributed by atoms with Crippen LogP contribution in [0.25, 0.3) is 0 Å². The van der Waals surface area contributed by atoms with Gasteiger partial charge in [0, 0.05) is 36.6 Å². The van der Waals surface area contributed by atoms with Gasteiger partial charge < -0.3 is 14.0 Å². The first-order chi connectivity index (χ1) is 11.9. The van der Waals surface area contributed by atoms with Gasteiger partial charge in [0.1, 0.15) is 27.6 Å². The minimum Gasteiger partial charge on any atom is -0.591 e. The van der Waals surface area contributed by atoms with E-state index in [0.717, 1.165) is 29.0 Å². The number of hydrogen-bond acceptors (Lipinski definition) is 5. The first-order valence-electron chi connectivity index (χ1n) is 8.17.